The summed E-state index contributed by atoms with van der Waals surface area (Å²) in [6.45, 7) is -1.05. The highest BCUT2D eigenvalue weighted by molar-refractivity contribution is 4.55. The molecule has 0 heterocycles. The van der Waals surface area contributed by atoms with Crippen LogP contribution in [0.5, 0.6) is 0 Å². The number of rotatable bonds is 0. The predicted molar refractivity (Wildman–Crippen MR) is 44.3 cm³/mol. The molecule has 0 fully saturated rings. The van der Waals surface area contributed by atoms with Gasteiger partial charge in [-0.05, 0) is 6.92 Å². The number of aliphatic hydroxyl groups excluding tert-OH is 2. The van der Waals surface area contributed by atoms with E-state index in [1.54, 1.807) is 0 Å². The van der Waals surface area contributed by atoms with E-state index in [2.05, 4.69) is 0 Å². The van der Waals surface area contributed by atoms with Crippen molar-refractivity contribution >= 4 is 0 Å². The topological polar surface area (TPSA) is 40.5 Å². The molecule has 0 radical (unpaired) electrons. The normalized spacial score (nSPS) is 12.6. The molecule has 0 aliphatic rings. The average molecular weight is 246 g/mol. The summed E-state index contributed by atoms with van der Waals surface area (Å²) in [6.07, 6.45) is -11.0. The Morgan fingerprint density at radius 3 is 1.13 bits per heavy atom. The molecule has 0 saturated heterocycles. The van der Waals surface area contributed by atoms with E-state index >= 15 is 0 Å². The molecule has 0 amide bonds. The third kappa shape index (κ3) is 24.7. The van der Waals surface area contributed by atoms with Crippen LogP contribution in [0, 0.1) is 0 Å². The minimum atomic E-state index is -4.44. The fourth-order valence-electron chi connectivity index (χ4n) is 0. The third-order valence-electron chi connectivity index (χ3n) is 0.653. The van der Waals surface area contributed by atoms with Gasteiger partial charge in [0.1, 0.15) is 12.7 Å². The van der Waals surface area contributed by atoms with E-state index in [0.717, 1.165) is 0 Å². The van der Waals surface area contributed by atoms with E-state index in [-0.39, 0.29) is 14.9 Å². The minimum absolute atomic E-state index is 0. The monoisotopic (exact) mass is 246 g/mol. The van der Waals surface area contributed by atoms with E-state index in [9.17, 15) is 26.3 Å². The lowest BCUT2D eigenvalue weighted by atomic mass is 10.4. The average Bonchev–Trinajstić information content (AvgIpc) is 1.85. The van der Waals surface area contributed by atoms with E-state index in [1.165, 1.54) is 0 Å². The zero-order valence-corrected chi connectivity index (χ0v) is 6.45. The summed E-state index contributed by atoms with van der Waals surface area (Å²) < 4.78 is 64.4. The van der Waals surface area contributed by atoms with Gasteiger partial charge in [0.05, 0.1) is 0 Å². The van der Waals surface area contributed by atoms with E-state index < -0.39 is 25.1 Å². The van der Waals surface area contributed by atoms with E-state index in [4.69, 9.17) is 10.2 Å². The summed E-state index contributed by atoms with van der Waals surface area (Å²) in [5.74, 6) is 0. The summed E-state index contributed by atoms with van der Waals surface area (Å²) in [5, 5.41) is 15.0. The fraction of sp³-hybridized carbons (Fsp3) is 1.00. The van der Waals surface area contributed by atoms with Gasteiger partial charge >= 0.3 is 12.4 Å². The van der Waals surface area contributed by atoms with Gasteiger partial charge in [-0.3, -0.25) is 0 Å². The number of aliphatic hydroxyl groups is 2. The lowest BCUT2D eigenvalue weighted by Crippen LogP contribution is -2.24. The molecule has 15 heavy (non-hydrogen) atoms. The number of halogens is 6. The van der Waals surface area contributed by atoms with Crippen molar-refractivity contribution in [3.8, 4) is 0 Å². The molecule has 0 saturated carbocycles. The summed E-state index contributed by atoms with van der Waals surface area (Å²) in [7, 11) is 0. The van der Waals surface area contributed by atoms with Gasteiger partial charge in [0.15, 0.2) is 0 Å². The molecule has 0 aliphatic carbocycles. The first-order chi connectivity index (χ1) is 5.50. The molecule has 8 heteroatoms. The van der Waals surface area contributed by atoms with Gasteiger partial charge in [-0.2, -0.15) is 26.3 Å². The molecule has 0 aromatic carbocycles. The maximum Gasteiger partial charge on any atom is 0.414 e. The Morgan fingerprint density at radius 2 is 1.13 bits per heavy atom. The number of alkyl halides is 6. The molecule has 98 valence electrons. The molecule has 0 aromatic rings. The minimum Gasteiger partial charge on any atom is -0.387 e. The van der Waals surface area contributed by atoms with Gasteiger partial charge in [-0.1, -0.05) is 14.9 Å². The molecular weight excluding hydrogens is 230 g/mol. The molecule has 0 rings (SSSR count). The maximum atomic E-state index is 10.9. The Balaban J connectivity index is -0.0000000718. The molecule has 1 unspecified atom stereocenters. The summed E-state index contributed by atoms with van der Waals surface area (Å²) >= 11 is 0. The van der Waals surface area contributed by atoms with Gasteiger partial charge in [-0.15, -0.1) is 0 Å². The lowest BCUT2D eigenvalue weighted by Gasteiger charge is -2.06. The van der Waals surface area contributed by atoms with Crippen LogP contribution in [0.4, 0.5) is 26.3 Å². The van der Waals surface area contributed by atoms with Gasteiger partial charge in [0, 0.05) is 0 Å². The SMILES string of the molecule is C.C.CC(O)C(F)(F)F.OCC(F)(F)F. The summed E-state index contributed by atoms with van der Waals surface area (Å²) in [6, 6.07) is 0. The van der Waals surface area contributed by atoms with Crippen LogP contribution >= 0.6 is 0 Å². The summed E-state index contributed by atoms with van der Waals surface area (Å²) in [5.41, 5.74) is 0. The Hall–Kier alpha value is -0.500. The second-order valence-corrected chi connectivity index (χ2v) is 1.99. The Kier molecular flexibility index (Phi) is 14.0. The second-order valence-electron chi connectivity index (χ2n) is 1.99. The van der Waals surface area contributed by atoms with Crippen molar-refractivity contribution in [3.05, 3.63) is 0 Å². The second kappa shape index (κ2) is 8.78. The maximum absolute atomic E-state index is 10.9. The van der Waals surface area contributed by atoms with Crippen molar-refractivity contribution in [2.75, 3.05) is 6.61 Å². The van der Waals surface area contributed by atoms with Crippen molar-refractivity contribution in [3.63, 3.8) is 0 Å². The largest absolute Gasteiger partial charge is 0.414 e. The molecular formula is C7H16F6O2. The number of hydrogen-bond donors (Lipinski definition) is 2. The van der Waals surface area contributed by atoms with E-state index in [1.807, 2.05) is 0 Å². The molecule has 2 N–H and O–H groups in total. The van der Waals surface area contributed by atoms with Gasteiger partial charge in [0.25, 0.3) is 0 Å². The lowest BCUT2D eigenvalue weighted by molar-refractivity contribution is -0.197. The quantitative estimate of drug-likeness (QED) is 0.645. The Morgan fingerprint density at radius 1 is 1.00 bits per heavy atom. The van der Waals surface area contributed by atoms with Gasteiger partial charge in [-0.25, -0.2) is 0 Å². The zero-order valence-electron chi connectivity index (χ0n) is 6.45. The van der Waals surface area contributed by atoms with Crippen LogP contribution < -0.4 is 0 Å². The first kappa shape index (κ1) is 24.0. The first-order valence-corrected chi connectivity index (χ1v) is 2.93. The van der Waals surface area contributed by atoms with Crippen molar-refractivity contribution in [2.24, 2.45) is 0 Å². The molecule has 0 bridgehead atoms. The van der Waals surface area contributed by atoms with Crippen molar-refractivity contribution in [1.29, 1.82) is 0 Å². The fourth-order valence-corrected chi connectivity index (χ4v) is 0. The highest BCUT2D eigenvalue weighted by Gasteiger charge is 2.33. The summed E-state index contributed by atoms with van der Waals surface area (Å²) in [4.78, 5) is 0. The van der Waals surface area contributed by atoms with Crippen LogP contribution in [0.25, 0.3) is 0 Å². The molecule has 0 spiro atoms. The first-order valence-electron chi connectivity index (χ1n) is 2.93. The van der Waals surface area contributed by atoms with Crippen LogP contribution in [0.3, 0.4) is 0 Å². The van der Waals surface area contributed by atoms with Crippen LogP contribution in [0.15, 0.2) is 0 Å². The number of hydrogen-bond acceptors (Lipinski definition) is 2. The van der Waals surface area contributed by atoms with Gasteiger partial charge in [0.2, 0.25) is 0 Å². The van der Waals surface area contributed by atoms with E-state index in [0.29, 0.717) is 6.92 Å². The van der Waals surface area contributed by atoms with Crippen LogP contribution in [-0.4, -0.2) is 35.3 Å². The smallest absolute Gasteiger partial charge is 0.387 e. The van der Waals surface area contributed by atoms with Crippen LogP contribution in [0.1, 0.15) is 21.8 Å². The molecule has 2 nitrogen and oxygen atoms in total. The standard InChI is InChI=1S/C3H5F3O.C2H3F3O.2CH4/c1-2(7)3(4,5)6;3-2(4,5)1-6;;/h2,7H,1H3;6H,1H2;2*1H4. The van der Waals surface area contributed by atoms with Crippen molar-refractivity contribution < 1.29 is 36.6 Å². The zero-order chi connectivity index (χ0) is 11.3. The van der Waals surface area contributed by atoms with Crippen LogP contribution in [-0.2, 0) is 0 Å². The van der Waals surface area contributed by atoms with Gasteiger partial charge < -0.3 is 10.2 Å². The van der Waals surface area contributed by atoms with Crippen LogP contribution in [0.2, 0.25) is 0 Å². The Bertz CT molecular complexity index is 128. The molecule has 0 aromatic heterocycles. The highest BCUT2D eigenvalue weighted by Crippen LogP contribution is 2.18. The highest BCUT2D eigenvalue weighted by atomic mass is 19.4. The van der Waals surface area contributed by atoms with Crippen molar-refractivity contribution in [2.45, 2.75) is 40.2 Å². The Labute approximate surface area is 84.5 Å². The predicted octanol–water partition coefficient (Wildman–Crippen LogP) is 2.74. The third-order valence-corrected chi connectivity index (χ3v) is 0.653. The van der Waals surface area contributed by atoms with Crippen molar-refractivity contribution in [1.82, 2.24) is 0 Å². The molecule has 1 atom stereocenters. The molecule has 0 aliphatic heterocycles.